The Kier molecular flexibility index (Phi) is 9.39. The molecule has 186 valence electrons. The number of halogens is 4. The van der Waals surface area contributed by atoms with E-state index >= 15 is 0 Å². The standard InChI is InChI=1S/C23H28F4N4O3/c1-14-7-6-8-16(11-31(33-5)12-20(32)28-3)17(14)13-34-30-15(2)21-19(24)10-9-18(22(21)29-4)23(25,26)27/h6-10,29H,11-13H2,1-5H3,(H,28,32)/b30-15+. The maximum Gasteiger partial charge on any atom is 0.418 e. The number of amides is 1. The SMILES string of the molecule is CNC(=O)CN(Cc1cccc(C)c1CO/N=C(\C)c1c(F)ccc(C(F)(F)F)c1NC)OC. The zero-order chi connectivity index (χ0) is 25.5. The number of oxime groups is 1. The van der Waals surface area contributed by atoms with Gasteiger partial charge in [-0.1, -0.05) is 23.4 Å². The molecule has 0 aliphatic heterocycles. The van der Waals surface area contributed by atoms with Gasteiger partial charge in [0.15, 0.2) is 0 Å². The first-order valence-electron chi connectivity index (χ1n) is 10.3. The zero-order valence-corrected chi connectivity index (χ0v) is 19.6. The average Bonchev–Trinajstić information content (AvgIpc) is 2.78. The molecule has 0 aromatic heterocycles. The van der Waals surface area contributed by atoms with Gasteiger partial charge in [-0.2, -0.15) is 18.2 Å². The quantitative estimate of drug-likeness (QED) is 0.300. The molecule has 0 unspecified atom stereocenters. The fourth-order valence-electron chi connectivity index (χ4n) is 3.40. The van der Waals surface area contributed by atoms with Gasteiger partial charge in [0.2, 0.25) is 5.91 Å². The van der Waals surface area contributed by atoms with Crippen molar-refractivity contribution in [1.29, 1.82) is 0 Å². The van der Waals surface area contributed by atoms with Crippen molar-refractivity contribution in [2.45, 2.75) is 33.2 Å². The van der Waals surface area contributed by atoms with E-state index in [1.807, 2.05) is 25.1 Å². The van der Waals surface area contributed by atoms with Crippen molar-refractivity contribution >= 4 is 17.3 Å². The van der Waals surface area contributed by atoms with Crippen molar-refractivity contribution in [3.63, 3.8) is 0 Å². The van der Waals surface area contributed by atoms with Gasteiger partial charge in [-0.05, 0) is 42.7 Å². The number of carbonyl (C=O) groups is 1. The smallest absolute Gasteiger partial charge is 0.391 e. The lowest BCUT2D eigenvalue weighted by Gasteiger charge is -2.21. The highest BCUT2D eigenvalue weighted by atomic mass is 19.4. The van der Waals surface area contributed by atoms with Crippen LogP contribution in [-0.2, 0) is 33.8 Å². The molecule has 0 atom stereocenters. The second-order valence-corrected chi connectivity index (χ2v) is 7.41. The first-order chi connectivity index (χ1) is 16.0. The molecular weight excluding hydrogens is 456 g/mol. The van der Waals surface area contributed by atoms with Crippen molar-refractivity contribution in [2.75, 3.05) is 33.1 Å². The summed E-state index contributed by atoms with van der Waals surface area (Å²) in [7, 11) is 4.25. The largest absolute Gasteiger partial charge is 0.418 e. The Bertz CT molecular complexity index is 1040. The van der Waals surface area contributed by atoms with E-state index in [9.17, 15) is 22.4 Å². The Labute approximate surface area is 195 Å². The van der Waals surface area contributed by atoms with Gasteiger partial charge >= 0.3 is 6.18 Å². The number of nitrogens with zero attached hydrogens (tertiary/aromatic N) is 2. The molecule has 0 aliphatic carbocycles. The van der Waals surface area contributed by atoms with Crippen molar-refractivity contribution in [3.8, 4) is 0 Å². The lowest BCUT2D eigenvalue weighted by atomic mass is 10.0. The lowest BCUT2D eigenvalue weighted by molar-refractivity contribution is -0.155. The highest BCUT2D eigenvalue weighted by Crippen LogP contribution is 2.37. The van der Waals surface area contributed by atoms with E-state index in [4.69, 9.17) is 9.68 Å². The molecule has 0 spiro atoms. The Morgan fingerprint density at radius 3 is 2.47 bits per heavy atom. The molecule has 1 amide bonds. The molecule has 0 bridgehead atoms. The number of hydrogen-bond acceptors (Lipinski definition) is 6. The Hall–Kier alpha value is -3.18. The van der Waals surface area contributed by atoms with E-state index in [0.717, 1.165) is 22.8 Å². The number of benzene rings is 2. The van der Waals surface area contributed by atoms with Gasteiger partial charge in [0.25, 0.3) is 0 Å². The van der Waals surface area contributed by atoms with Crippen LogP contribution in [0.3, 0.4) is 0 Å². The first-order valence-corrected chi connectivity index (χ1v) is 10.3. The van der Waals surface area contributed by atoms with E-state index in [1.165, 1.54) is 33.2 Å². The van der Waals surface area contributed by atoms with E-state index in [1.54, 1.807) is 0 Å². The number of likely N-dealkylation sites (N-methyl/N-ethyl adjacent to an activating group) is 1. The summed E-state index contributed by atoms with van der Waals surface area (Å²) in [6, 6.07) is 6.97. The molecule has 2 rings (SSSR count). The normalized spacial score (nSPS) is 12.1. The highest BCUT2D eigenvalue weighted by molar-refractivity contribution is 6.04. The molecule has 0 saturated heterocycles. The zero-order valence-electron chi connectivity index (χ0n) is 19.6. The number of nitrogens with one attached hydrogen (secondary N) is 2. The summed E-state index contributed by atoms with van der Waals surface area (Å²) in [6.07, 6.45) is -4.67. The van der Waals surface area contributed by atoms with Crippen LogP contribution in [0.4, 0.5) is 23.2 Å². The molecule has 2 aromatic carbocycles. The second kappa shape index (κ2) is 11.8. The minimum atomic E-state index is -4.67. The summed E-state index contributed by atoms with van der Waals surface area (Å²) in [4.78, 5) is 22.4. The molecule has 0 fully saturated rings. The van der Waals surface area contributed by atoms with Crippen LogP contribution in [0, 0.1) is 12.7 Å². The van der Waals surface area contributed by atoms with Crippen molar-refractivity contribution in [3.05, 3.63) is 64.0 Å². The number of anilines is 1. The number of alkyl halides is 3. The molecule has 0 heterocycles. The minimum Gasteiger partial charge on any atom is -0.391 e. The average molecular weight is 484 g/mol. The van der Waals surface area contributed by atoms with Crippen LogP contribution >= 0.6 is 0 Å². The monoisotopic (exact) mass is 484 g/mol. The lowest BCUT2D eigenvalue weighted by Crippen LogP contribution is -2.34. The summed E-state index contributed by atoms with van der Waals surface area (Å²) >= 11 is 0. The predicted octanol–water partition coefficient (Wildman–Crippen LogP) is 4.24. The van der Waals surface area contributed by atoms with Crippen LogP contribution in [0.2, 0.25) is 0 Å². The Morgan fingerprint density at radius 1 is 1.18 bits per heavy atom. The van der Waals surface area contributed by atoms with Crippen molar-refractivity contribution in [1.82, 2.24) is 10.4 Å². The van der Waals surface area contributed by atoms with Gasteiger partial charge in [0.05, 0.1) is 36.2 Å². The molecular formula is C23H28F4N4O3. The van der Waals surface area contributed by atoms with Crippen LogP contribution in [-0.4, -0.2) is 44.4 Å². The fraction of sp³-hybridized carbons (Fsp3) is 0.391. The van der Waals surface area contributed by atoms with E-state index < -0.39 is 23.2 Å². The predicted molar refractivity (Wildman–Crippen MR) is 121 cm³/mol. The third-order valence-corrected chi connectivity index (χ3v) is 5.19. The van der Waals surface area contributed by atoms with Crippen LogP contribution in [0.5, 0.6) is 0 Å². The molecule has 0 saturated carbocycles. The van der Waals surface area contributed by atoms with Gasteiger partial charge in [-0.3, -0.25) is 4.79 Å². The summed E-state index contributed by atoms with van der Waals surface area (Å²) in [5.41, 5.74) is 0.648. The van der Waals surface area contributed by atoms with Crippen LogP contribution in [0.25, 0.3) is 0 Å². The van der Waals surface area contributed by atoms with Crippen molar-refractivity contribution in [2.24, 2.45) is 5.16 Å². The number of carbonyl (C=O) groups excluding carboxylic acids is 1. The molecule has 34 heavy (non-hydrogen) atoms. The van der Waals surface area contributed by atoms with E-state index in [0.29, 0.717) is 6.07 Å². The number of aryl methyl sites for hydroxylation is 1. The molecule has 0 radical (unpaired) electrons. The maximum absolute atomic E-state index is 14.5. The van der Waals surface area contributed by atoms with Crippen LogP contribution in [0.1, 0.15) is 34.7 Å². The van der Waals surface area contributed by atoms with Gasteiger partial charge in [-0.15, -0.1) is 0 Å². The third kappa shape index (κ3) is 6.67. The first kappa shape index (κ1) is 27.1. The van der Waals surface area contributed by atoms with Crippen LogP contribution in [0.15, 0.2) is 35.5 Å². The van der Waals surface area contributed by atoms with Gasteiger partial charge < -0.3 is 20.3 Å². The van der Waals surface area contributed by atoms with Crippen LogP contribution < -0.4 is 10.6 Å². The molecule has 2 aromatic rings. The minimum absolute atomic E-state index is 0.0140. The second-order valence-electron chi connectivity index (χ2n) is 7.41. The summed E-state index contributed by atoms with van der Waals surface area (Å²) in [6.45, 7) is 3.50. The Morgan fingerprint density at radius 2 is 1.88 bits per heavy atom. The molecule has 11 heteroatoms. The van der Waals surface area contributed by atoms with Crippen molar-refractivity contribution < 1.29 is 32.0 Å². The summed E-state index contributed by atoms with van der Waals surface area (Å²) in [5.74, 6) is -1.08. The number of rotatable bonds is 10. The molecule has 2 N–H and O–H groups in total. The van der Waals surface area contributed by atoms with E-state index in [-0.39, 0.29) is 36.9 Å². The maximum atomic E-state index is 14.5. The summed E-state index contributed by atoms with van der Waals surface area (Å²) in [5, 5.41) is 10.3. The highest BCUT2D eigenvalue weighted by Gasteiger charge is 2.35. The van der Waals surface area contributed by atoms with Gasteiger partial charge in [-0.25, -0.2) is 4.39 Å². The summed E-state index contributed by atoms with van der Waals surface area (Å²) < 4.78 is 54.5. The fourth-order valence-corrected chi connectivity index (χ4v) is 3.40. The molecule has 0 aliphatic rings. The van der Waals surface area contributed by atoms with E-state index in [2.05, 4.69) is 15.8 Å². The molecule has 7 nitrogen and oxygen atoms in total. The topological polar surface area (TPSA) is 75.2 Å². The van der Waals surface area contributed by atoms with Gasteiger partial charge in [0.1, 0.15) is 19.0 Å². The number of hydroxylamine groups is 2. The van der Waals surface area contributed by atoms with Gasteiger partial charge in [0, 0.05) is 14.1 Å². The number of hydrogen-bond donors (Lipinski definition) is 2. The third-order valence-electron chi connectivity index (χ3n) is 5.19. The Balaban J connectivity index is 2.29.